The molecule has 2 aromatic heterocycles. The molecule has 0 saturated carbocycles. The topological polar surface area (TPSA) is 0 Å². The van der Waals surface area contributed by atoms with Gasteiger partial charge < -0.3 is 0 Å². The molecule has 0 fully saturated rings. The first kappa shape index (κ1) is 22.6. The first-order valence-electron chi connectivity index (χ1n) is 11.8. The molecule has 0 unspecified atom stereocenters. The summed E-state index contributed by atoms with van der Waals surface area (Å²) in [6.07, 6.45) is 0. The van der Waals surface area contributed by atoms with Crippen LogP contribution in [0.2, 0.25) is 36.3 Å². The van der Waals surface area contributed by atoms with E-state index in [2.05, 4.69) is 127 Å². The molecule has 0 N–H and O–H groups in total. The van der Waals surface area contributed by atoms with Crippen molar-refractivity contribution in [3.05, 3.63) is 36.4 Å². The van der Waals surface area contributed by atoms with Gasteiger partial charge in [-0.05, 0) is 40.6 Å². The van der Waals surface area contributed by atoms with Gasteiger partial charge in [-0.2, -0.15) is 0 Å². The highest BCUT2D eigenvalue weighted by atomic mass is 32.1. The van der Waals surface area contributed by atoms with Crippen LogP contribution >= 0.6 is 22.7 Å². The van der Waals surface area contributed by atoms with Crippen molar-refractivity contribution in [2.45, 2.75) is 77.8 Å². The van der Waals surface area contributed by atoms with Crippen LogP contribution in [0.3, 0.4) is 0 Å². The van der Waals surface area contributed by atoms with Gasteiger partial charge in [0.15, 0.2) is 0 Å². The van der Waals surface area contributed by atoms with Gasteiger partial charge >= 0.3 is 0 Å². The minimum absolute atomic E-state index is 0.329. The predicted molar refractivity (Wildman–Crippen MR) is 157 cm³/mol. The average molecular weight is 493 g/mol. The Bertz CT molecular complexity index is 1370. The van der Waals surface area contributed by atoms with Crippen molar-refractivity contribution in [2.24, 2.45) is 0 Å². The van der Waals surface area contributed by atoms with Crippen LogP contribution in [0.1, 0.15) is 41.5 Å². The van der Waals surface area contributed by atoms with Crippen LogP contribution in [-0.2, 0) is 0 Å². The highest BCUT2D eigenvalue weighted by Gasteiger charge is 2.42. The zero-order chi connectivity index (χ0) is 23.4. The van der Waals surface area contributed by atoms with Gasteiger partial charge in [-0.25, -0.2) is 0 Å². The largest absolute Gasteiger partial charge is 0.143 e. The van der Waals surface area contributed by atoms with Gasteiger partial charge in [0.2, 0.25) is 0 Å². The first-order valence-corrected chi connectivity index (χ1v) is 19.4. The molecule has 0 bridgehead atoms. The lowest BCUT2D eigenvalue weighted by atomic mass is 9.99. The molecule has 0 radical (unpaired) electrons. The average Bonchev–Trinajstić information content (AvgIpc) is 3.25. The third-order valence-electron chi connectivity index (χ3n) is 8.86. The number of hydrogen-bond donors (Lipinski definition) is 0. The molecule has 3 aromatic carbocycles. The monoisotopic (exact) mass is 492 g/mol. The van der Waals surface area contributed by atoms with Gasteiger partial charge in [-0.1, -0.05) is 104 Å². The second-order valence-electron chi connectivity index (χ2n) is 12.7. The Morgan fingerprint density at radius 3 is 1.16 bits per heavy atom. The van der Waals surface area contributed by atoms with Gasteiger partial charge in [-0.15, -0.1) is 22.7 Å². The number of thiophene rings is 2. The molecular formula is C28H36S2Si2. The molecule has 0 saturated heterocycles. The molecular weight excluding hydrogens is 457 g/mol. The third kappa shape index (κ3) is 2.82. The maximum Gasteiger partial charge on any atom is 0.0995 e. The summed E-state index contributed by atoms with van der Waals surface area (Å²) in [5, 5.41) is 9.68. The fourth-order valence-corrected chi connectivity index (χ4v) is 14.6. The summed E-state index contributed by atoms with van der Waals surface area (Å²) in [7, 11) is -3.30. The van der Waals surface area contributed by atoms with E-state index < -0.39 is 16.1 Å². The van der Waals surface area contributed by atoms with Gasteiger partial charge in [0, 0.05) is 10.8 Å². The van der Waals surface area contributed by atoms with Crippen molar-refractivity contribution >= 4 is 89.5 Å². The molecule has 0 atom stereocenters. The third-order valence-corrected chi connectivity index (χ3v) is 25.0. The SMILES string of the molecule is CC(C)(C)[Si](C)(C)c1sc2c3sc([Si](C)(C)C(C)(C)C)c4cccc(c5cccc1c52)c43. The van der Waals surface area contributed by atoms with Crippen LogP contribution in [0, 0.1) is 0 Å². The van der Waals surface area contributed by atoms with Crippen LogP contribution < -0.4 is 9.00 Å². The lowest BCUT2D eigenvalue weighted by Gasteiger charge is -2.36. The molecule has 0 spiro atoms. The van der Waals surface area contributed by atoms with E-state index in [1.807, 2.05) is 0 Å². The fourth-order valence-electron chi connectivity index (χ4n) is 4.77. The van der Waals surface area contributed by atoms with E-state index in [1.165, 1.54) is 32.3 Å². The molecule has 4 heteroatoms. The van der Waals surface area contributed by atoms with Gasteiger partial charge in [0.05, 0.1) is 25.5 Å². The number of hydrogen-bond acceptors (Lipinski definition) is 2. The smallest absolute Gasteiger partial charge is 0.0995 e. The maximum absolute atomic E-state index is 2.57. The van der Waals surface area contributed by atoms with E-state index in [-0.39, 0.29) is 0 Å². The highest BCUT2D eigenvalue weighted by Crippen LogP contribution is 2.49. The molecule has 0 aliphatic carbocycles. The maximum atomic E-state index is 2.57. The summed E-state index contributed by atoms with van der Waals surface area (Å²) in [6, 6.07) is 14.2. The summed E-state index contributed by atoms with van der Waals surface area (Å²) in [6.45, 7) is 25.0. The standard InChI is InChI=1S/C28H36S2Si2/c1-27(2,3)31(7,8)25-19-15-11-13-17-18-14-12-16-20-22(18)24(23(29-25)21(17)19)30-26(20)32(9,10)28(4,5)6/h11-16H,1-10H3. The van der Waals surface area contributed by atoms with Crippen molar-refractivity contribution in [2.75, 3.05) is 0 Å². The lowest BCUT2D eigenvalue weighted by Crippen LogP contribution is -2.48. The minimum atomic E-state index is -1.65. The van der Waals surface area contributed by atoms with E-state index in [0.717, 1.165) is 0 Å². The summed E-state index contributed by atoms with van der Waals surface area (Å²) >= 11 is 4.26. The molecule has 2 heterocycles. The predicted octanol–water partition coefficient (Wildman–Crippen LogP) is 9.29. The van der Waals surface area contributed by atoms with E-state index in [1.54, 1.807) is 18.4 Å². The molecule has 5 aromatic rings. The Hall–Kier alpha value is -1.21. The van der Waals surface area contributed by atoms with Gasteiger partial charge in [-0.3, -0.25) is 0 Å². The van der Waals surface area contributed by atoms with Crippen LogP contribution in [0.5, 0.6) is 0 Å². The van der Waals surface area contributed by atoms with Crippen LogP contribution in [0.25, 0.3) is 41.7 Å². The van der Waals surface area contributed by atoms with E-state index in [4.69, 9.17) is 0 Å². The van der Waals surface area contributed by atoms with Crippen LogP contribution in [0.15, 0.2) is 36.4 Å². The Kier molecular flexibility index (Phi) is 4.72. The zero-order valence-electron chi connectivity index (χ0n) is 21.3. The van der Waals surface area contributed by atoms with Gasteiger partial charge in [0.1, 0.15) is 0 Å². The zero-order valence-corrected chi connectivity index (χ0v) is 24.9. The minimum Gasteiger partial charge on any atom is -0.143 e. The summed E-state index contributed by atoms with van der Waals surface area (Å²) in [5.41, 5.74) is 0. The molecule has 168 valence electrons. The van der Waals surface area contributed by atoms with E-state index in [9.17, 15) is 0 Å². The molecule has 0 aliphatic rings. The Morgan fingerprint density at radius 2 is 0.844 bits per heavy atom. The van der Waals surface area contributed by atoms with Crippen LogP contribution in [0.4, 0.5) is 0 Å². The summed E-state index contributed by atoms with van der Waals surface area (Å²) in [5.74, 6) is 0. The molecule has 0 nitrogen and oxygen atoms in total. The van der Waals surface area contributed by atoms with E-state index in [0.29, 0.717) is 10.1 Å². The Balaban J connectivity index is 2.00. The van der Waals surface area contributed by atoms with Gasteiger partial charge in [0.25, 0.3) is 0 Å². The van der Waals surface area contributed by atoms with Crippen molar-refractivity contribution in [1.82, 2.24) is 0 Å². The number of fused-ring (bicyclic) bond motifs is 2. The Morgan fingerprint density at radius 1 is 0.531 bits per heavy atom. The van der Waals surface area contributed by atoms with Crippen molar-refractivity contribution < 1.29 is 0 Å². The van der Waals surface area contributed by atoms with Crippen molar-refractivity contribution in [3.8, 4) is 0 Å². The summed E-state index contributed by atoms with van der Waals surface area (Å²) in [4.78, 5) is 0. The number of benzene rings is 3. The normalized spacial score (nSPS) is 14.6. The summed E-state index contributed by atoms with van der Waals surface area (Å²) < 4.78 is 6.46. The second-order valence-corrected chi connectivity index (χ2v) is 26.0. The quantitative estimate of drug-likeness (QED) is 0.170. The highest BCUT2D eigenvalue weighted by molar-refractivity contribution is 7.39. The van der Waals surface area contributed by atoms with Crippen molar-refractivity contribution in [3.63, 3.8) is 0 Å². The second kappa shape index (κ2) is 6.68. The fraction of sp³-hybridized carbons (Fsp3) is 0.429. The molecule has 5 rings (SSSR count). The molecule has 0 amide bonds. The lowest BCUT2D eigenvalue weighted by molar-refractivity contribution is 0.730. The Labute approximate surface area is 203 Å². The van der Waals surface area contributed by atoms with E-state index >= 15 is 0 Å². The molecule has 0 aliphatic heterocycles. The number of rotatable bonds is 2. The first-order chi connectivity index (χ1) is 14.7. The van der Waals surface area contributed by atoms with Crippen LogP contribution in [-0.4, -0.2) is 16.1 Å². The molecule has 32 heavy (non-hydrogen) atoms. The van der Waals surface area contributed by atoms with Crippen molar-refractivity contribution in [1.29, 1.82) is 0 Å².